The zero-order chi connectivity index (χ0) is 26.9. The molecule has 0 spiro atoms. The number of nitrogens with zero attached hydrogens (tertiary/aromatic N) is 2. The van der Waals surface area contributed by atoms with E-state index in [0.29, 0.717) is 16.8 Å². The maximum Gasteiger partial charge on any atom is 0.335 e. The molecule has 0 atom stereocenters. The van der Waals surface area contributed by atoms with Crippen molar-refractivity contribution < 1.29 is 24.0 Å². The molecular weight excluding hydrogens is 589 g/mol. The molecule has 0 bridgehead atoms. The number of nitro benzene ring substituents is 1. The first kappa shape index (κ1) is 26.3. The van der Waals surface area contributed by atoms with Gasteiger partial charge in [-0.15, -0.1) is 0 Å². The fourth-order valence-corrected chi connectivity index (χ4v) is 4.40. The molecule has 188 valence electrons. The fourth-order valence-electron chi connectivity index (χ4n) is 3.54. The van der Waals surface area contributed by atoms with Crippen molar-refractivity contribution in [3.8, 4) is 5.75 Å². The van der Waals surface area contributed by atoms with Gasteiger partial charge >= 0.3 is 6.03 Å². The molecule has 4 amide bonds. The van der Waals surface area contributed by atoms with Gasteiger partial charge in [-0.1, -0.05) is 51.3 Å². The molecule has 1 aliphatic rings. The van der Waals surface area contributed by atoms with Crippen LogP contribution in [0.4, 0.5) is 16.2 Å². The van der Waals surface area contributed by atoms with E-state index in [1.54, 1.807) is 31.2 Å². The van der Waals surface area contributed by atoms with Crippen molar-refractivity contribution in [3.63, 3.8) is 0 Å². The quantitative estimate of drug-likeness (QED) is 0.154. The van der Waals surface area contributed by atoms with Crippen LogP contribution in [0.3, 0.4) is 0 Å². The number of hydrogen-bond acceptors (Lipinski definition) is 6. The third-order valence-corrected chi connectivity index (χ3v) is 6.79. The smallest absolute Gasteiger partial charge is 0.335 e. The Kier molecular flexibility index (Phi) is 7.63. The highest BCUT2D eigenvalue weighted by molar-refractivity contribution is 9.10. The minimum absolute atomic E-state index is 0.0356. The van der Waals surface area contributed by atoms with Gasteiger partial charge in [-0.25, -0.2) is 9.69 Å². The second kappa shape index (κ2) is 10.7. The average molecular weight is 605 g/mol. The van der Waals surface area contributed by atoms with Crippen LogP contribution in [0.5, 0.6) is 5.75 Å². The summed E-state index contributed by atoms with van der Waals surface area (Å²) in [7, 11) is 0. The van der Waals surface area contributed by atoms with Crippen molar-refractivity contribution in [2.45, 2.75) is 13.5 Å². The number of barbiturate groups is 1. The van der Waals surface area contributed by atoms with E-state index in [-0.39, 0.29) is 33.7 Å². The van der Waals surface area contributed by atoms with Crippen LogP contribution in [0.15, 0.2) is 64.6 Å². The van der Waals surface area contributed by atoms with Gasteiger partial charge in [0.05, 0.1) is 20.7 Å². The van der Waals surface area contributed by atoms with Gasteiger partial charge in [0.25, 0.3) is 17.5 Å². The largest absolute Gasteiger partial charge is 0.486 e. The van der Waals surface area contributed by atoms with Crippen LogP contribution >= 0.6 is 39.1 Å². The molecular formula is C25H16BrCl2N3O6. The lowest BCUT2D eigenvalue weighted by atomic mass is 10.1. The first-order valence-corrected chi connectivity index (χ1v) is 12.1. The number of rotatable bonds is 6. The molecule has 0 radical (unpaired) electrons. The predicted molar refractivity (Wildman–Crippen MR) is 142 cm³/mol. The summed E-state index contributed by atoms with van der Waals surface area (Å²) in [5, 5.41) is 13.3. The van der Waals surface area contributed by atoms with E-state index in [2.05, 4.69) is 21.2 Å². The summed E-state index contributed by atoms with van der Waals surface area (Å²) in [5.41, 5.74) is 1.56. The summed E-state index contributed by atoms with van der Waals surface area (Å²) in [4.78, 5) is 49.4. The lowest BCUT2D eigenvalue weighted by Gasteiger charge is -2.26. The standard InChI is InChI=1S/C25H16BrCl2N3O6/c1-13-7-16(5-6-19(13)26)30-24(33)18(23(32)29-25(30)34)9-15-10-20(27)22(21(28)11-15)37-12-14-3-2-4-17(8-14)31(35)36/h2-11H,12H2,1H3,(H,29,32,34)/b18-9+. The van der Waals surface area contributed by atoms with Gasteiger partial charge in [0.15, 0.2) is 5.75 Å². The number of ether oxygens (including phenoxy) is 1. The molecule has 37 heavy (non-hydrogen) atoms. The normalized spacial score (nSPS) is 14.6. The Morgan fingerprint density at radius 1 is 1.08 bits per heavy atom. The van der Waals surface area contributed by atoms with E-state index in [1.165, 1.54) is 36.4 Å². The van der Waals surface area contributed by atoms with Crippen molar-refractivity contribution in [3.05, 3.63) is 101 Å². The van der Waals surface area contributed by atoms with Gasteiger partial charge in [-0.05, 0) is 60.0 Å². The summed E-state index contributed by atoms with van der Waals surface area (Å²) >= 11 is 16.1. The van der Waals surface area contributed by atoms with Crippen LogP contribution in [-0.4, -0.2) is 22.8 Å². The highest BCUT2D eigenvalue weighted by Gasteiger charge is 2.37. The maximum atomic E-state index is 13.1. The van der Waals surface area contributed by atoms with Gasteiger partial charge in [0, 0.05) is 16.6 Å². The number of benzene rings is 3. The number of urea groups is 1. The Bertz CT molecular complexity index is 1480. The SMILES string of the molecule is Cc1cc(N2C(=O)NC(=O)/C(=C\c3cc(Cl)c(OCc4cccc([N+](=O)[O-])c4)c(Cl)c3)C2=O)ccc1Br. The molecule has 1 saturated heterocycles. The summed E-state index contributed by atoms with van der Waals surface area (Å²) in [6.07, 6.45) is 1.27. The van der Waals surface area contributed by atoms with Gasteiger partial charge in [-0.3, -0.25) is 25.0 Å². The van der Waals surface area contributed by atoms with E-state index >= 15 is 0 Å². The Morgan fingerprint density at radius 2 is 1.78 bits per heavy atom. The number of anilines is 1. The van der Waals surface area contributed by atoms with Crippen molar-refractivity contribution >= 4 is 74.4 Å². The van der Waals surface area contributed by atoms with Crippen LogP contribution in [0, 0.1) is 17.0 Å². The number of carbonyl (C=O) groups excluding carboxylic acids is 3. The minimum atomic E-state index is -0.866. The lowest BCUT2D eigenvalue weighted by molar-refractivity contribution is -0.384. The van der Waals surface area contributed by atoms with Crippen molar-refractivity contribution in [1.29, 1.82) is 0 Å². The topological polar surface area (TPSA) is 119 Å². The van der Waals surface area contributed by atoms with Gasteiger partial charge < -0.3 is 4.74 Å². The number of hydrogen-bond donors (Lipinski definition) is 1. The predicted octanol–water partition coefficient (Wildman–Crippen LogP) is 6.22. The zero-order valence-electron chi connectivity index (χ0n) is 19.0. The number of nitro groups is 1. The van der Waals surface area contributed by atoms with E-state index < -0.39 is 22.8 Å². The molecule has 1 fully saturated rings. The Hall–Kier alpha value is -3.73. The molecule has 1 heterocycles. The summed E-state index contributed by atoms with van der Waals surface area (Å²) < 4.78 is 6.47. The molecule has 0 aliphatic carbocycles. The average Bonchev–Trinajstić information content (AvgIpc) is 2.83. The van der Waals surface area contributed by atoms with E-state index in [4.69, 9.17) is 27.9 Å². The van der Waals surface area contributed by atoms with Crippen molar-refractivity contribution in [2.75, 3.05) is 4.90 Å². The molecule has 1 N–H and O–H groups in total. The van der Waals surface area contributed by atoms with Crippen LogP contribution in [0.1, 0.15) is 16.7 Å². The van der Waals surface area contributed by atoms with E-state index in [0.717, 1.165) is 14.9 Å². The molecule has 4 rings (SSSR count). The second-order valence-corrected chi connectivity index (χ2v) is 9.59. The Morgan fingerprint density at radius 3 is 2.43 bits per heavy atom. The highest BCUT2D eigenvalue weighted by atomic mass is 79.9. The van der Waals surface area contributed by atoms with Crippen LogP contribution in [-0.2, 0) is 16.2 Å². The summed E-state index contributed by atoms with van der Waals surface area (Å²) in [5.74, 6) is -1.55. The first-order valence-electron chi connectivity index (χ1n) is 10.6. The van der Waals surface area contributed by atoms with E-state index in [1.807, 2.05) is 0 Å². The minimum Gasteiger partial charge on any atom is -0.486 e. The maximum absolute atomic E-state index is 13.1. The van der Waals surface area contributed by atoms with Gasteiger partial charge in [0.1, 0.15) is 12.2 Å². The summed E-state index contributed by atoms with van der Waals surface area (Å²) in [6, 6.07) is 12.8. The monoisotopic (exact) mass is 603 g/mol. The van der Waals surface area contributed by atoms with Crippen LogP contribution in [0.25, 0.3) is 6.08 Å². The number of amides is 4. The van der Waals surface area contributed by atoms with Crippen molar-refractivity contribution in [2.24, 2.45) is 0 Å². The van der Waals surface area contributed by atoms with Gasteiger partial charge in [0.2, 0.25) is 0 Å². The third kappa shape index (κ3) is 5.66. The first-order chi connectivity index (χ1) is 17.5. The summed E-state index contributed by atoms with van der Waals surface area (Å²) in [6.45, 7) is 1.76. The van der Waals surface area contributed by atoms with Crippen molar-refractivity contribution in [1.82, 2.24) is 5.32 Å². The molecule has 0 unspecified atom stereocenters. The molecule has 1 aliphatic heterocycles. The fraction of sp³-hybridized carbons (Fsp3) is 0.0800. The van der Waals surface area contributed by atoms with Crippen LogP contribution < -0.4 is 15.0 Å². The number of imide groups is 2. The second-order valence-electron chi connectivity index (χ2n) is 7.92. The van der Waals surface area contributed by atoms with E-state index in [9.17, 15) is 24.5 Å². The van der Waals surface area contributed by atoms with Gasteiger partial charge in [-0.2, -0.15) is 0 Å². The number of aryl methyl sites for hydroxylation is 1. The zero-order valence-corrected chi connectivity index (χ0v) is 22.1. The lowest BCUT2D eigenvalue weighted by Crippen LogP contribution is -2.54. The number of nitrogens with one attached hydrogen (secondary N) is 1. The molecule has 3 aromatic carbocycles. The molecule has 9 nitrogen and oxygen atoms in total. The molecule has 12 heteroatoms. The third-order valence-electron chi connectivity index (χ3n) is 5.34. The van der Waals surface area contributed by atoms with Crippen LogP contribution in [0.2, 0.25) is 10.0 Å². The number of non-ortho nitro benzene ring substituents is 1. The molecule has 0 aromatic heterocycles. The number of carbonyl (C=O) groups is 3. The number of halogens is 3. The Labute approximate surface area is 228 Å². The highest BCUT2D eigenvalue weighted by Crippen LogP contribution is 2.36. The molecule has 0 saturated carbocycles. The Balaban J connectivity index is 1.60. The molecule has 3 aromatic rings.